The van der Waals surface area contributed by atoms with E-state index in [9.17, 15) is 0 Å². The summed E-state index contributed by atoms with van der Waals surface area (Å²) in [5.41, 5.74) is 0.717. The molecule has 2 rings (SSSR count). The number of nitrogens with one attached hydrogen (secondary N) is 1. The van der Waals surface area contributed by atoms with E-state index in [2.05, 4.69) is 24.3 Å². The largest absolute Gasteiger partial charge is 0.316 e. The smallest absolute Gasteiger partial charge is 0.0101 e. The first-order valence-electron chi connectivity index (χ1n) is 4.59. The SMILES string of the molecule is CN(C)C1CC2(CCNC2)C1. The highest BCUT2D eigenvalue weighted by molar-refractivity contribution is 5.01. The molecule has 0 aromatic heterocycles. The fourth-order valence-corrected chi connectivity index (χ4v) is 2.45. The minimum Gasteiger partial charge on any atom is -0.316 e. The van der Waals surface area contributed by atoms with Gasteiger partial charge >= 0.3 is 0 Å². The summed E-state index contributed by atoms with van der Waals surface area (Å²) >= 11 is 0. The molecule has 1 aliphatic heterocycles. The lowest BCUT2D eigenvalue weighted by Gasteiger charge is -2.47. The van der Waals surface area contributed by atoms with Gasteiger partial charge < -0.3 is 10.2 Å². The molecule has 2 heteroatoms. The summed E-state index contributed by atoms with van der Waals surface area (Å²) in [6.45, 7) is 2.53. The molecule has 64 valence electrons. The van der Waals surface area contributed by atoms with Gasteiger partial charge in [-0.05, 0) is 45.3 Å². The third-order valence-electron chi connectivity index (χ3n) is 3.40. The fourth-order valence-electron chi connectivity index (χ4n) is 2.45. The van der Waals surface area contributed by atoms with Gasteiger partial charge in [0.15, 0.2) is 0 Å². The van der Waals surface area contributed by atoms with Gasteiger partial charge in [0.1, 0.15) is 0 Å². The molecule has 1 heterocycles. The van der Waals surface area contributed by atoms with Gasteiger partial charge in [0, 0.05) is 12.6 Å². The van der Waals surface area contributed by atoms with Crippen LogP contribution in [0.2, 0.25) is 0 Å². The second kappa shape index (κ2) is 2.46. The van der Waals surface area contributed by atoms with E-state index in [1.165, 1.54) is 32.4 Å². The van der Waals surface area contributed by atoms with Gasteiger partial charge in [0.2, 0.25) is 0 Å². The van der Waals surface area contributed by atoms with Gasteiger partial charge in [0.25, 0.3) is 0 Å². The third-order valence-corrected chi connectivity index (χ3v) is 3.40. The quantitative estimate of drug-likeness (QED) is 0.598. The van der Waals surface area contributed by atoms with Crippen LogP contribution in [0, 0.1) is 5.41 Å². The zero-order valence-electron chi connectivity index (χ0n) is 7.56. The number of rotatable bonds is 1. The Hall–Kier alpha value is -0.0800. The summed E-state index contributed by atoms with van der Waals surface area (Å²) < 4.78 is 0. The molecule has 0 amide bonds. The Morgan fingerprint density at radius 3 is 2.55 bits per heavy atom. The normalized spacial score (nSPS) is 43.4. The molecule has 0 bridgehead atoms. The highest BCUT2D eigenvalue weighted by Gasteiger charge is 2.46. The topological polar surface area (TPSA) is 15.3 Å². The van der Waals surface area contributed by atoms with Crippen molar-refractivity contribution in [2.45, 2.75) is 25.3 Å². The molecule has 0 aromatic carbocycles. The van der Waals surface area contributed by atoms with E-state index >= 15 is 0 Å². The highest BCUT2D eigenvalue weighted by Crippen LogP contribution is 2.47. The van der Waals surface area contributed by atoms with Crippen LogP contribution in [0.5, 0.6) is 0 Å². The highest BCUT2D eigenvalue weighted by atomic mass is 15.1. The Bertz CT molecular complexity index is 140. The average molecular weight is 154 g/mol. The van der Waals surface area contributed by atoms with E-state index in [1.54, 1.807) is 0 Å². The van der Waals surface area contributed by atoms with E-state index in [4.69, 9.17) is 0 Å². The Morgan fingerprint density at radius 1 is 1.36 bits per heavy atom. The molecule has 1 N–H and O–H groups in total. The summed E-state index contributed by atoms with van der Waals surface area (Å²) in [5, 5.41) is 3.46. The molecule has 1 aliphatic carbocycles. The van der Waals surface area contributed by atoms with Crippen molar-refractivity contribution >= 4 is 0 Å². The summed E-state index contributed by atoms with van der Waals surface area (Å²) in [7, 11) is 4.39. The maximum Gasteiger partial charge on any atom is 0.0101 e. The molecule has 0 radical (unpaired) electrons. The summed E-state index contributed by atoms with van der Waals surface area (Å²) in [6.07, 6.45) is 4.26. The van der Waals surface area contributed by atoms with Crippen LogP contribution in [0.3, 0.4) is 0 Å². The molecule has 2 aliphatic rings. The van der Waals surface area contributed by atoms with Crippen molar-refractivity contribution in [3.63, 3.8) is 0 Å². The molecule has 1 saturated heterocycles. The molecule has 2 fully saturated rings. The Morgan fingerprint density at radius 2 is 2.09 bits per heavy atom. The molecular weight excluding hydrogens is 136 g/mol. The molecule has 0 unspecified atom stereocenters. The van der Waals surface area contributed by atoms with Gasteiger partial charge in [0.05, 0.1) is 0 Å². The lowest BCUT2D eigenvalue weighted by molar-refractivity contribution is 0.0423. The third kappa shape index (κ3) is 1.18. The zero-order chi connectivity index (χ0) is 7.90. The van der Waals surface area contributed by atoms with Crippen molar-refractivity contribution < 1.29 is 0 Å². The van der Waals surface area contributed by atoms with Gasteiger partial charge in [-0.15, -0.1) is 0 Å². The van der Waals surface area contributed by atoms with Crippen molar-refractivity contribution in [3.05, 3.63) is 0 Å². The predicted molar refractivity (Wildman–Crippen MR) is 46.6 cm³/mol. The van der Waals surface area contributed by atoms with Crippen LogP contribution in [0.15, 0.2) is 0 Å². The first kappa shape index (κ1) is 7.56. The second-order valence-electron chi connectivity index (χ2n) is 4.45. The van der Waals surface area contributed by atoms with Gasteiger partial charge in [-0.1, -0.05) is 0 Å². The monoisotopic (exact) mass is 154 g/mol. The molecule has 1 saturated carbocycles. The van der Waals surface area contributed by atoms with Crippen molar-refractivity contribution in [1.29, 1.82) is 0 Å². The van der Waals surface area contributed by atoms with Crippen molar-refractivity contribution in [3.8, 4) is 0 Å². The van der Waals surface area contributed by atoms with E-state index in [0.717, 1.165) is 11.5 Å². The molecular formula is C9H18N2. The van der Waals surface area contributed by atoms with Crippen LogP contribution in [0.4, 0.5) is 0 Å². The minimum absolute atomic E-state index is 0.717. The molecule has 1 spiro atoms. The summed E-state index contributed by atoms with van der Waals surface area (Å²) in [5.74, 6) is 0. The Balaban J connectivity index is 1.86. The lowest BCUT2D eigenvalue weighted by atomic mass is 9.64. The molecule has 2 nitrogen and oxygen atoms in total. The maximum absolute atomic E-state index is 3.46. The first-order valence-corrected chi connectivity index (χ1v) is 4.59. The van der Waals surface area contributed by atoms with E-state index in [0.29, 0.717) is 0 Å². The van der Waals surface area contributed by atoms with Crippen LogP contribution in [-0.2, 0) is 0 Å². The summed E-state index contributed by atoms with van der Waals surface area (Å²) in [4.78, 5) is 2.36. The van der Waals surface area contributed by atoms with Crippen LogP contribution in [-0.4, -0.2) is 38.1 Å². The molecule has 0 atom stereocenters. The van der Waals surface area contributed by atoms with E-state index < -0.39 is 0 Å². The standard InChI is InChI=1S/C9H18N2/c1-11(2)8-5-9(6-8)3-4-10-7-9/h8,10H,3-7H2,1-2H3. The molecule has 11 heavy (non-hydrogen) atoms. The average Bonchev–Trinajstić information content (AvgIpc) is 2.29. The Kier molecular flexibility index (Phi) is 1.69. The minimum atomic E-state index is 0.717. The number of hydrogen-bond donors (Lipinski definition) is 1. The first-order chi connectivity index (χ1) is 5.22. The zero-order valence-corrected chi connectivity index (χ0v) is 7.56. The van der Waals surface area contributed by atoms with Crippen LogP contribution >= 0.6 is 0 Å². The fraction of sp³-hybridized carbons (Fsp3) is 1.00. The lowest BCUT2D eigenvalue weighted by Crippen LogP contribution is -2.49. The van der Waals surface area contributed by atoms with Gasteiger partial charge in [-0.3, -0.25) is 0 Å². The van der Waals surface area contributed by atoms with Crippen molar-refractivity contribution in [2.24, 2.45) is 5.41 Å². The number of hydrogen-bond acceptors (Lipinski definition) is 2. The summed E-state index contributed by atoms with van der Waals surface area (Å²) in [6, 6.07) is 0.870. The van der Waals surface area contributed by atoms with E-state index in [1.807, 2.05) is 0 Å². The van der Waals surface area contributed by atoms with Crippen LogP contribution < -0.4 is 5.32 Å². The van der Waals surface area contributed by atoms with Crippen LogP contribution in [0.25, 0.3) is 0 Å². The van der Waals surface area contributed by atoms with E-state index in [-0.39, 0.29) is 0 Å². The second-order valence-corrected chi connectivity index (χ2v) is 4.45. The van der Waals surface area contributed by atoms with Crippen molar-refractivity contribution in [1.82, 2.24) is 10.2 Å². The Labute approximate surface area is 69.0 Å². The molecule has 0 aromatic rings. The van der Waals surface area contributed by atoms with Gasteiger partial charge in [-0.25, -0.2) is 0 Å². The predicted octanol–water partition coefficient (Wildman–Crippen LogP) is 0.690. The van der Waals surface area contributed by atoms with Gasteiger partial charge in [-0.2, -0.15) is 0 Å². The number of nitrogens with zero attached hydrogens (tertiary/aromatic N) is 1. The van der Waals surface area contributed by atoms with Crippen LogP contribution in [0.1, 0.15) is 19.3 Å². The maximum atomic E-state index is 3.46. The van der Waals surface area contributed by atoms with Crippen molar-refractivity contribution in [2.75, 3.05) is 27.2 Å².